The topological polar surface area (TPSA) is 12.0 Å². The minimum atomic E-state index is -0.203. The molecule has 0 spiro atoms. The van der Waals surface area contributed by atoms with Crippen LogP contribution in [-0.4, -0.2) is 7.05 Å². The predicted molar refractivity (Wildman–Crippen MR) is 90.0 cm³/mol. The maximum absolute atomic E-state index is 14.3. The summed E-state index contributed by atoms with van der Waals surface area (Å²) in [6, 6.07) is 13.7. The van der Waals surface area contributed by atoms with Crippen molar-refractivity contribution in [3.05, 3.63) is 69.4 Å². The quantitative estimate of drug-likeness (QED) is 0.792. The third kappa shape index (κ3) is 3.92. The number of benzene rings is 2. The van der Waals surface area contributed by atoms with Crippen molar-refractivity contribution in [3.8, 4) is 0 Å². The van der Waals surface area contributed by atoms with Gasteiger partial charge in [0.2, 0.25) is 0 Å². The SMILES string of the molecule is CNC(c1cccc(CC(C)C)c1)c1cccc(Br)c1F. The van der Waals surface area contributed by atoms with Gasteiger partial charge in [-0.25, -0.2) is 4.39 Å². The van der Waals surface area contributed by atoms with Crippen LogP contribution in [-0.2, 0) is 6.42 Å². The molecular formula is C18H21BrFN. The fourth-order valence-electron chi connectivity index (χ4n) is 2.62. The van der Waals surface area contributed by atoms with E-state index in [1.54, 1.807) is 6.07 Å². The van der Waals surface area contributed by atoms with Gasteiger partial charge in [-0.3, -0.25) is 0 Å². The van der Waals surface area contributed by atoms with E-state index >= 15 is 0 Å². The monoisotopic (exact) mass is 349 g/mol. The molecule has 112 valence electrons. The van der Waals surface area contributed by atoms with E-state index in [1.165, 1.54) is 5.56 Å². The van der Waals surface area contributed by atoms with Gasteiger partial charge >= 0.3 is 0 Å². The van der Waals surface area contributed by atoms with Gasteiger partial charge in [-0.15, -0.1) is 0 Å². The molecular weight excluding hydrogens is 329 g/mol. The molecule has 1 atom stereocenters. The van der Waals surface area contributed by atoms with Gasteiger partial charge in [0.1, 0.15) is 5.82 Å². The molecule has 0 heterocycles. The molecule has 2 aromatic carbocycles. The van der Waals surface area contributed by atoms with Crippen molar-refractivity contribution in [3.63, 3.8) is 0 Å². The fourth-order valence-corrected chi connectivity index (χ4v) is 3.00. The summed E-state index contributed by atoms with van der Waals surface area (Å²) >= 11 is 3.26. The molecule has 1 N–H and O–H groups in total. The van der Waals surface area contributed by atoms with Gasteiger partial charge in [0.05, 0.1) is 10.5 Å². The Morgan fingerprint density at radius 3 is 2.52 bits per heavy atom. The second kappa shape index (κ2) is 7.19. The Balaban J connectivity index is 2.39. The van der Waals surface area contributed by atoms with Gasteiger partial charge < -0.3 is 5.32 Å². The van der Waals surface area contributed by atoms with Crippen LogP contribution in [0, 0.1) is 11.7 Å². The van der Waals surface area contributed by atoms with Crippen LogP contribution in [0.1, 0.15) is 36.6 Å². The Labute approximate surface area is 134 Å². The summed E-state index contributed by atoms with van der Waals surface area (Å²) in [6.07, 6.45) is 1.03. The summed E-state index contributed by atoms with van der Waals surface area (Å²) < 4.78 is 14.8. The van der Waals surface area contributed by atoms with E-state index in [1.807, 2.05) is 31.3 Å². The summed E-state index contributed by atoms with van der Waals surface area (Å²) in [5, 5.41) is 3.22. The van der Waals surface area contributed by atoms with E-state index in [0.29, 0.717) is 16.0 Å². The average molecular weight is 350 g/mol. The number of hydrogen-bond donors (Lipinski definition) is 1. The Morgan fingerprint density at radius 2 is 1.86 bits per heavy atom. The first-order valence-corrected chi connectivity index (χ1v) is 8.02. The van der Waals surface area contributed by atoms with Gasteiger partial charge in [-0.2, -0.15) is 0 Å². The lowest BCUT2D eigenvalue weighted by Crippen LogP contribution is -2.19. The summed E-state index contributed by atoms with van der Waals surface area (Å²) in [6.45, 7) is 4.41. The van der Waals surface area contributed by atoms with Crippen LogP contribution in [0.25, 0.3) is 0 Å². The molecule has 21 heavy (non-hydrogen) atoms. The van der Waals surface area contributed by atoms with Crippen molar-refractivity contribution >= 4 is 15.9 Å². The van der Waals surface area contributed by atoms with Gasteiger partial charge in [-0.05, 0) is 52.5 Å². The van der Waals surface area contributed by atoms with Crippen LogP contribution < -0.4 is 5.32 Å². The van der Waals surface area contributed by atoms with Crippen molar-refractivity contribution < 1.29 is 4.39 Å². The zero-order valence-corrected chi connectivity index (χ0v) is 14.2. The number of nitrogens with one attached hydrogen (secondary N) is 1. The van der Waals surface area contributed by atoms with Gasteiger partial charge in [0.15, 0.2) is 0 Å². The third-order valence-corrected chi connectivity index (χ3v) is 4.12. The minimum Gasteiger partial charge on any atom is -0.309 e. The van der Waals surface area contributed by atoms with Gasteiger partial charge in [-0.1, -0.05) is 50.2 Å². The third-order valence-electron chi connectivity index (χ3n) is 3.51. The summed E-state index contributed by atoms with van der Waals surface area (Å²) in [7, 11) is 1.86. The Bertz CT molecular complexity index is 610. The van der Waals surface area contributed by atoms with Crippen LogP contribution in [0.15, 0.2) is 46.9 Å². The first-order chi connectivity index (χ1) is 10.0. The second-order valence-corrected chi connectivity index (χ2v) is 6.56. The van der Waals surface area contributed by atoms with Crippen LogP contribution in [0.5, 0.6) is 0 Å². The van der Waals surface area contributed by atoms with Gasteiger partial charge in [0.25, 0.3) is 0 Å². The summed E-state index contributed by atoms with van der Waals surface area (Å²) in [5.41, 5.74) is 3.04. The maximum atomic E-state index is 14.3. The highest BCUT2D eigenvalue weighted by atomic mass is 79.9. The highest BCUT2D eigenvalue weighted by Gasteiger charge is 2.18. The zero-order chi connectivity index (χ0) is 15.4. The smallest absolute Gasteiger partial charge is 0.142 e. The number of halogens is 2. The fraction of sp³-hybridized carbons (Fsp3) is 0.333. The molecule has 2 rings (SSSR count). The first-order valence-electron chi connectivity index (χ1n) is 7.23. The molecule has 0 saturated heterocycles. The summed E-state index contributed by atoms with van der Waals surface area (Å²) in [4.78, 5) is 0. The highest BCUT2D eigenvalue weighted by molar-refractivity contribution is 9.10. The van der Waals surface area contributed by atoms with Crippen LogP contribution >= 0.6 is 15.9 Å². The Kier molecular flexibility index (Phi) is 5.54. The highest BCUT2D eigenvalue weighted by Crippen LogP contribution is 2.28. The van der Waals surface area contributed by atoms with Gasteiger partial charge in [0, 0.05) is 5.56 Å². The normalized spacial score (nSPS) is 12.7. The second-order valence-electron chi connectivity index (χ2n) is 5.71. The standard InChI is InChI=1S/C18H21BrFN/c1-12(2)10-13-6-4-7-14(11-13)18(21-3)15-8-5-9-16(19)17(15)20/h4-9,11-12,18,21H,10H2,1-3H3. The molecule has 0 amide bonds. The molecule has 2 aromatic rings. The molecule has 1 nitrogen and oxygen atoms in total. The molecule has 0 aliphatic carbocycles. The Hall–Kier alpha value is -1.19. The lowest BCUT2D eigenvalue weighted by molar-refractivity contribution is 0.570. The van der Waals surface area contributed by atoms with Crippen molar-refractivity contribution in [2.24, 2.45) is 5.92 Å². The van der Waals surface area contributed by atoms with Crippen LogP contribution in [0.2, 0.25) is 0 Å². The predicted octanol–water partition coefficient (Wildman–Crippen LogP) is 5.10. The van der Waals surface area contributed by atoms with E-state index in [0.717, 1.165) is 12.0 Å². The molecule has 3 heteroatoms. The molecule has 0 fully saturated rings. The van der Waals surface area contributed by atoms with Crippen molar-refractivity contribution in [1.82, 2.24) is 5.32 Å². The molecule has 0 aliphatic heterocycles. The van der Waals surface area contributed by atoms with Crippen molar-refractivity contribution in [2.75, 3.05) is 7.05 Å². The molecule has 0 aromatic heterocycles. The van der Waals surface area contributed by atoms with E-state index in [2.05, 4.69) is 47.2 Å². The molecule has 0 aliphatic rings. The maximum Gasteiger partial charge on any atom is 0.142 e. The average Bonchev–Trinajstić information content (AvgIpc) is 2.44. The Morgan fingerprint density at radius 1 is 1.14 bits per heavy atom. The zero-order valence-electron chi connectivity index (χ0n) is 12.7. The van der Waals surface area contributed by atoms with Crippen molar-refractivity contribution in [2.45, 2.75) is 26.3 Å². The van der Waals surface area contributed by atoms with Crippen molar-refractivity contribution in [1.29, 1.82) is 0 Å². The summed E-state index contributed by atoms with van der Waals surface area (Å²) in [5.74, 6) is 0.405. The van der Waals surface area contributed by atoms with Crippen LogP contribution in [0.3, 0.4) is 0 Å². The number of rotatable bonds is 5. The molecule has 1 unspecified atom stereocenters. The lowest BCUT2D eigenvalue weighted by atomic mass is 9.94. The lowest BCUT2D eigenvalue weighted by Gasteiger charge is -2.19. The molecule has 0 bridgehead atoms. The molecule has 0 radical (unpaired) electrons. The van der Waals surface area contributed by atoms with E-state index < -0.39 is 0 Å². The van der Waals surface area contributed by atoms with Crippen LogP contribution in [0.4, 0.5) is 4.39 Å². The number of hydrogen-bond acceptors (Lipinski definition) is 1. The van der Waals surface area contributed by atoms with E-state index in [9.17, 15) is 4.39 Å². The first kappa shape index (κ1) is 16.2. The largest absolute Gasteiger partial charge is 0.309 e. The van der Waals surface area contributed by atoms with E-state index in [4.69, 9.17) is 0 Å². The van der Waals surface area contributed by atoms with E-state index in [-0.39, 0.29) is 11.9 Å². The minimum absolute atomic E-state index is 0.144. The molecule has 0 saturated carbocycles.